The predicted molar refractivity (Wildman–Crippen MR) is 82.7 cm³/mol. The fourth-order valence-electron chi connectivity index (χ4n) is 1.91. The minimum Gasteiger partial charge on any atom is -0.481 e. The van der Waals surface area contributed by atoms with Crippen LogP contribution in [0, 0.1) is 0 Å². The molecule has 1 atom stereocenters. The number of aliphatic carboxylic acids is 1. The number of carbonyl (C=O) groups is 2. The van der Waals surface area contributed by atoms with Crippen molar-refractivity contribution in [2.24, 2.45) is 0 Å². The molecule has 2 rings (SSSR count). The van der Waals surface area contributed by atoms with Gasteiger partial charge >= 0.3 is 12.0 Å². The Morgan fingerprint density at radius 1 is 1.29 bits per heavy atom. The third kappa shape index (κ3) is 4.61. The highest BCUT2D eigenvalue weighted by Crippen LogP contribution is 2.18. The maximum absolute atomic E-state index is 11.9. The average molecular weight is 304 g/mol. The van der Waals surface area contributed by atoms with Crippen molar-refractivity contribution in [1.82, 2.24) is 5.32 Å². The van der Waals surface area contributed by atoms with E-state index in [4.69, 9.17) is 5.11 Å². The van der Waals surface area contributed by atoms with Gasteiger partial charge in [0.05, 0.1) is 12.5 Å². The van der Waals surface area contributed by atoms with Gasteiger partial charge in [0.15, 0.2) is 0 Å². The maximum Gasteiger partial charge on any atom is 0.319 e. The van der Waals surface area contributed by atoms with Gasteiger partial charge in [0, 0.05) is 10.6 Å². The van der Waals surface area contributed by atoms with Gasteiger partial charge in [-0.1, -0.05) is 18.2 Å². The number of carbonyl (C=O) groups excluding carboxylic acids is 1. The first kappa shape index (κ1) is 15.1. The van der Waals surface area contributed by atoms with E-state index in [-0.39, 0.29) is 18.5 Å². The van der Waals surface area contributed by atoms with Crippen molar-refractivity contribution in [1.29, 1.82) is 0 Å². The number of anilines is 1. The Labute approximate surface area is 126 Å². The zero-order valence-corrected chi connectivity index (χ0v) is 12.3. The van der Waals surface area contributed by atoms with Gasteiger partial charge in [-0.05, 0) is 36.1 Å². The number of amides is 2. The van der Waals surface area contributed by atoms with Crippen molar-refractivity contribution >= 4 is 29.0 Å². The second-order valence-electron chi connectivity index (χ2n) is 4.61. The van der Waals surface area contributed by atoms with E-state index < -0.39 is 5.97 Å². The first-order valence-corrected chi connectivity index (χ1v) is 7.34. The van der Waals surface area contributed by atoms with Crippen molar-refractivity contribution in [3.63, 3.8) is 0 Å². The zero-order chi connectivity index (χ0) is 15.2. The fraction of sp³-hybridized carbons (Fsp3) is 0.200. The minimum absolute atomic E-state index is 0.0667. The molecule has 0 radical (unpaired) electrons. The van der Waals surface area contributed by atoms with Gasteiger partial charge in [0.1, 0.15) is 0 Å². The summed E-state index contributed by atoms with van der Waals surface area (Å²) < 4.78 is 0. The van der Waals surface area contributed by atoms with Crippen LogP contribution in [0.15, 0.2) is 41.8 Å². The van der Waals surface area contributed by atoms with Crippen LogP contribution in [0.4, 0.5) is 10.5 Å². The number of nitrogens with one attached hydrogen (secondary N) is 2. The molecular formula is C15H16N2O3S. The van der Waals surface area contributed by atoms with E-state index in [0.717, 1.165) is 4.88 Å². The number of thiophene rings is 1. The Morgan fingerprint density at radius 3 is 2.76 bits per heavy atom. The van der Waals surface area contributed by atoms with Gasteiger partial charge in [-0.2, -0.15) is 0 Å². The highest BCUT2D eigenvalue weighted by molar-refractivity contribution is 7.10. The number of carboxylic acids is 1. The van der Waals surface area contributed by atoms with Gasteiger partial charge in [-0.15, -0.1) is 11.3 Å². The van der Waals surface area contributed by atoms with Crippen LogP contribution in [0.2, 0.25) is 0 Å². The van der Waals surface area contributed by atoms with E-state index in [1.165, 1.54) is 0 Å². The molecule has 0 bridgehead atoms. The molecule has 5 nitrogen and oxygen atoms in total. The molecule has 110 valence electrons. The summed E-state index contributed by atoms with van der Waals surface area (Å²) in [7, 11) is 0. The lowest BCUT2D eigenvalue weighted by Crippen LogP contribution is -2.30. The van der Waals surface area contributed by atoms with Crippen LogP contribution in [-0.4, -0.2) is 17.1 Å². The summed E-state index contributed by atoms with van der Waals surface area (Å²) in [5.41, 5.74) is 1.22. The topological polar surface area (TPSA) is 78.4 Å². The molecule has 6 heteroatoms. The molecule has 21 heavy (non-hydrogen) atoms. The molecule has 0 aliphatic heterocycles. The van der Waals surface area contributed by atoms with Crippen LogP contribution in [0.1, 0.15) is 23.4 Å². The molecule has 1 heterocycles. The van der Waals surface area contributed by atoms with E-state index in [9.17, 15) is 9.59 Å². The third-order valence-corrected chi connectivity index (χ3v) is 3.91. The van der Waals surface area contributed by atoms with E-state index in [2.05, 4.69) is 10.6 Å². The summed E-state index contributed by atoms with van der Waals surface area (Å²) in [5.74, 6) is -0.900. The van der Waals surface area contributed by atoms with Gasteiger partial charge in [-0.25, -0.2) is 4.79 Å². The third-order valence-electron chi connectivity index (χ3n) is 2.86. The van der Waals surface area contributed by atoms with E-state index in [1.54, 1.807) is 35.6 Å². The molecule has 0 saturated carbocycles. The Bertz CT molecular complexity index is 626. The molecule has 2 aromatic rings. The maximum atomic E-state index is 11.9. The van der Waals surface area contributed by atoms with Crippen molar-refractivity contribution in [2.45, 2.75) is 19.4 Å². The Balaban J connectivity index is 1.94. The van der Waals surface area contributed by atoms with Gasteiger partial charge in [0.2, 0.25) is 0 Å². The van der Waals surface area contributed by atoms with Gasteiger partial charge in [0.25, 0.3) is 0 Å². The predicted octanol–water partition coefficient (Wildman–Crippen LogP) is 3.26. The molecule has 0 spiro atoms. The molecule has 0 aliphatic carbocycles. The second kappa shape index (κ2) is 6.90. The number of urea groups is 1. The van der Waals surface area contributed by atoms with Gasteiger partial charge < -0.3 is 15.7 Å². The first-order valence-electron chi connectivity index (χ1n) is 6.46. The number of hydrogen-bond donors (Lipinski definition) is 3. The van der Waals surface area contributed by atoms with E-state index in [0.29, 0.717) is 11.3 Å². The highest BCUT2D eigenvalue weighted by Gasteiger charge is 2.10. The van der Waals surface area contributed by atoms with Crippen molar-refractivity contribution in [3.8, 4) is 0 Å². The SMILES string of the molecule is CC(NC(=O)Nc1cccc(CC(=O)O)c1)c1cccs1. The molecule has 3 N–H and O–H groups in total. The first-order chi connectivity index (χ1) is 10.0. The van der Waals surface area contributed by atoms with Crippen LogP contribution < -0.4 is 10.6 Å². The second-order valence-corrected chi connectivity index (χ2v) is 5.59. The quantitative estimate of drug-likeness (QED) is 0.793. The van der Waals surface area contributed by atoms with E-state index >= 15 is 0 Å². The summed E-state index contributed by atoms with van der Waals surface area (Å²) in [4.78, 5) is 23.7. The molecule has 1 aromatic heterocycles. The zero-order valence-electron chi connectivity index (χ0n) is 11.5. The van der Waals surface area contributed by atoms with Crippen LogP contribution in [-0.2, 0) is 11.2 Å². The lowest BCUT2D eigenvalue weighted by molar-refractivity contribution is -0.136. The normalized spacial score (nSPS) is 11.7. The van der Waals surface area contributed by atoms with Crippen molar-refractivity contribution in [3.05, 3.63) is 52.2 Å². The number of benzene rings is 1. The summed E-state index contributed by atoms with van der Waals surface area (Å²) in [5, 5.41) is 16.3. The number of carboxylic acid groups (broad SMARTS) is 1. The Hall–Kier alpha value is -2.34. The monoisotopic (exact) mass is 304 g/mol. The molecule has 0 saturated heterocycles. The highest BCUT2D eigenvalue weighted by atomic mass is 32.1. The van der Waals surface area contributed by atoms with Crippen LogP contribution in [0.5, 0.6) is 0 Å². The van der Waals surface area contributed by atoms with Crippen LogP contribution in [0.3, 0.4) is 0 Å². The van der Waals surface area contributed by atoms with E-state index in [1.807, 2.05) is 24.4 Å². The Morgan fingerprint density at radius 2 is 2.10 bits per heavy atom. The summed E-state index contributed by atoms with van der Waals surface area (Å²) in [6, 6.07) is 10.3. The minimum atomic E-state index is -0.900. The van der Waals surface area contributed by atoms with Gasteiger partial charge in [-0.3, -0.25) is 4.79 Å². The van der Waals surface area contributed by atoms with Crippen LogP contribution in [0.25, 0.3) is 0 Å². The van der Waals surface area contributed by atoms with Crippen LogP contribution >= 0.6 is 11.3 Å². The molecule has 0 fully saturated rings. The van der Waals surface area contributed by atoms with Crippen molar-refractivity contribution in [2.75, 3.05) is 5.32 Å². The standard InChI is InChI=1S/C15H16N2O3S/c1-10(13-6-3-7-21-13)16-15(20)17-12-5-2-4-11(8-12)9-14(18)19/h2-8,10H,9H2,1H3,(H,18,19)(H2,16,17,20). The molecule has 1 unspecified atom stereocenters. The number of hydrogen-bond acceptors (Lipinski definition) is 3. The summed E-state index contributed by atoms with van der Waals surface area (Å²) >= 11 is 1.58. The average Bonchev–Trinajstić information content (AvgIpc) is 2.91. The smallest absolute Gasteiger partial charge is 0.319 e. The largest absolute Gasteiger partial charge is 0.481 e. The molecular weight excluding hydrogens is 288 g/mol. The molecule has 0 aliphatic rings. The van der Waals surface area contributed by atoms with Crippen molar-refractivity contribution < 1.29 is 14.7 Å². The Kier molecular flexibility index (Phi) is 4.94. The summed E-state index contributed by atoms with van der Waals surface area (Å²) in [6.07, 6.45) is -0.0667. The fourth-order valence-corrected chi connectivity index (χ4v) is 2.64. The lowest BCUT2D eigenvalue weighted by atomic mass is 10.1. The summed E-state index contributed by atoms with van der Waals surface area (Å²) in [6.45, 7) is 1.91. The molecule has 2 amide bonds. The number of rotatable bonds is 5. The lowest BCUT2D eigenvalue weighted by Gasteiger charge is -2.13. The molecule has 1 aromatic carbocycles.